The highest BCUT2D eigenvalue weighted by atomic mass is 16.3. The zero-order chi connectivity index (χ0) is 11.4. The highest BCUT2D eigenvalue weighted by Crippen LogP contribution is 2.17. The van der Waals surface area contributed by atoms with Gasteiger partial charge in [-0.05, 0) is 6.92 Å². The molecule has 0 aliphatic rings. The number of carbonyl (C=O) groups excluding carboxylic acids is 1. The van der Waals surface area contributed by atoms with Crippen LogP contribution in [0.5, 0.6) is 0 Å². The molecule has 1 aromatic heterocycles. The van der Waals surface area contributed by atoms with Crippen LogP contribution in [0.4, 0.5) is 11.6 Å². The molecule has 0 radical (unpaired) electrons. The van der Waals surface area contributed by atoms with Crippen LogP contribution in [0.15, 0.2) is 0 Å². The van der Waals surface area contributed by atoms with E-state index in [2.05, 4.69) is 20.8 Å². The average molecular weight is 213 g/mol. The molecule has 1 aromatic rings. The summed E-state index contributed by atoms with van der Waals surface area (Å²) in [5.41, 5.74) is 5.82. The Balaban J connectivity index is 2.85. The summed E-state index contributed by atoms with van der Waals surface area (Å²) in [6, 6.07) is -0.323. The van der Waals surface area contributed by atoms with E-state index in [4.69, 9.17) is 10.8 Å². The Hall–Kier alpha value is -1.76. The molecule has 1 rings (SSSR count). The van der Waals surface area contributed by atoms with Crippen LogP contribution in [0.2, 0.25) is 0 Å². The molecule has 1 amide bonds. The summed E-state index contributed by atoms with van der Waals surface area (Å²) in [5, 5.41) is 20.4. The van der Waals surface area contributed by atoms with Crippen LogP contribution in [-0.2, 0) is 0 Å². The minimum absolute atomic E-state index is 0.127. The maximum absolute atomic E-state index is 11.7. The number of aromatic amines is 1. The summed E-state index contributed by atoms with van der Waals surface area (Å²) in [7, 11) is 1.64. The third-order valence-corrected chi connectivity index (χ3v) is 1.91. The number of amides is 1. The lowest BCUT2D eigenvalue weighted by Gasteiger charge is -2.10. The van der Waals surface area contributed by atoms with Gasteiger partial charge in [0.15, 0.2) is 5.82 Å². The van der Waals surface area contributed by atoms with E-state index >= 15 is 0 Å². The van der Waals surface area contributed by atoms with Crippen LogP contribution in [0.3, 0.4) is 0 Å². The van der Waals surface area contributed by atoms with Gasteiger partial charge in [-0.3, -0.25) is 9.89 Å². The van der Waals surface area contributed by atoms with Gasteiger partial charge in [-0.2, -0.15) is 5.10 Å². The maximum atomic E-state index is 11.7. The standard InChI is InChI=1S/C8H15N5O2/c1-4(3-14)11-8(15)5-6(9)12-13-7(5)10-2/h4,14H,3H2,1-2H3,(H,11,15)(H4,9,10,12,13)/t4-/m1/s1. The number of nitrogen functional groups attached to an aromatic ring is 1. The van der Waals surface area contributed by atoms with Crippen LogP contribution in [0.25, 0.3) is 0 Å². The van der Waals surface area contributed by atoms with Gasteiger partial charge < -0.3 is 21.5 Å². The lowest BCUT2D eigenvalue weighted by atomic mass is 10.2. The second kappa shape index (κ2) is 4.65. The van der Waals surface area contributed by atoms with Crippen molar-refractivity contribution in [3.05, 3.63) is 5.56 Å². The van der Waals surface area contributed by atoms with E-state index in [1.165, 1.54) is 0 Å². The fourth-order valence-corrected chi connectivity index (χ4v) is 1.11. The number of hydrogen-bond donors (Lipinski definition) is 5. The number of anilines is 2. The third-order valence-electron chi connectivity index (χ3n) is 1.91. The first kappa shape index (κ1) is 11.3. The van der Waals surface area contributed by atoms with E-state index in [0.29, 0.717) is 5.82 Å². The molecule has 6 N–H and O–H groups in total. The molecular formula is C8H15N5O2. The lowest BCUT2D eigenvalue weighted by Crippen LogP contribution is -2.35. The second-order valence-corrected chi connectivity index (χ2v) is 3.17. The Morgan fingerprint density at radius 1 is 1.73 bits per heavy atom. The molecule has 0 bridgehead atoms. The van der Waals surface area contributed by atoms with Gasteiger partial charge in [-0.25, -0.2) is 0 Å². The van der Waals surface area contributed by atoms with Crippen LogP contribution >= 0.6 is 0 Å². The molecule has 0 saturated heterocycles. The molecule has 1 heterocycles. The third kappa shape index (κ3) is 2.38. The van der Waals surface area contributed by atoms with E-state index < -0.39 is 0 Å². The number of aliphatic hydroxyl groups is 1. The van der Waals surface area contributed by atoms with Crippen LogP contribution in [0.1, 0.15) is 17.3 Å². The monoisotopic (exact) mass is 213 g/mol. The van der Waals surface area contributed by atoms with Gasteiger partial charge in [-0.15, -0.1) is 0 Å². The average Bonchev–Trinajstić information content (AvgIpc) is 2.59. The second-order valence-electron chi connectivity index (χ2n) is 3.17. The number of nitrogens with two attached hydrogens (primary N) is 1. The molecule has 7 nitrogen and oxygen atoms in total. The van der Waals surface area contributed by atoms with Gasteiger partial charge >= 0.3 is 0 Å². The Morgan fingerprint density at radius 3 is 2.93 bits per heavy atom. The van der Waals surface area contributed by atoms with E-state index in [1.807, 2.05) is 0 Å². The minimum Gasteiger partial charge on any atom is -0.394 e. The molecule has 0 aliphatic heterocycles. The Labute approximate surface area is 87.0 Å². The van der Waals surface area contributed by atoms with Crippen LogP contribution in [0, 0.1) is 0 Å². The number of aliphatic hydroxyl groups excluding tert-OH is 1. The first-order valence-electron chi connectivity index (χ1n) is 4.53. The fraction of sp³-hybridized carbons (Fsp3) is 0.500. The van der Waals surface area contributed by atoms with Crippen LogP contribution < -0.4 is 16.4 Å². The van der Waals surface area contributed by atoms with Crippen molar-refractivity contribution in [1.82, 2.24) is 15.5 Å². The molecule has 0 aromatic carbocycles. The molecule has 0 aliphatic carbocycles. The van der Waals surface area contributed by atoms with Crippen molar-refractivity contribution in [3.8, 4) is 0 Å². The molecule has 0 unspecified atom stereocenters. The molecule has 0 saturated carbocycles. The van der Waals surface area contributed by atoms with Crippen molar-refractivity contribution in [2.24, 2.45) is 0 Å². The summed E-state index contributed by atoms with van der Waals surface area (Å²) in [5.74, 6) is 0.212. The van der Waals surface area contributed by atoms with Crippen molar-refractivity contribution in [1.29, 1.82) is 0 Å². The first-order chi connectivity index (χ1) is 7.10. The SMILES string of the molecule is CNc1n[nH]c(N)c1C(=O)N[C@H](C)CO. The number of rotatable bonds is 4. The lowest BCUT2D eigenvalue weighted by molar-refractivity contribution is 0.0924. The van der Waals surface area contributed by atoms with E-state index in [-0.39, 0.29) is 29.9 Å². The normalized spacial score (nSPS) is 12.2. The molecule has 0 fully saturated rings. The number of aromatic nitrogens is 2. The van der Waals surface area contributed by atoms with Gasteiger partial charge in [-0.1, -0.05) is 0 Å². The Kier molecular flexibility index (Phi) is 3.51. The number of H-pyrrole nitrogens is 1. The van der Waals surface area contributed by atoms with Crippen LogP contribution in [-0.4, -0.2) is 40.9 Å². The zero-order valence-corrected chi connectivity index (χ0v) is 8.66. The number of nitrogens with one attached hydrogen (secondary N) is 3. The van der Waals surface area contributed by atoms with Crippen molar-refractivity contribution in [2.45, 2.75) is 13.0 Å². The summed E-state index contributed by atoms with van der Waals surface area (Å²) in [4.78, 5) is 11.7. The van der Waals surface area contributed by atoms with Crippen molar-refractivity contribution < 1.29 is 9.90 Å². The van der Waals surface area contributed by atoms with E-state index in [1.54, 1.807) is 14.0 Å². The maximum Gasteiger partial charge on any atom is 0.259 e. The minimum atomic E-state index is -0.368. The van der Waals surface area contributed by atoms with E-state index in [0.717, 1.165) is 0 Å². The zero-order valence-electron chi connectivity index (χ0n) is 8.66. The molecule has 1 atom stereocenters. The summed E-state index contributed by atoms with van der Waals surface area (Å²) in [6.07, 6.45) is 0. The van der Waals surface area contributed by atoms with Gasteiger partial charge in [0.2, 0.25) is 0 Å². The molecular weight excluding hydrogens is 198 g/mol. The van der Waals surface area contributed by atoms with Crippen molar-refractivity contribution in [2.75, 3.05) is 24.7 Å². The number of nitrogens with zero attached hydrogens (tertiary/aromatic N) is 1. The van der Waals surface area contributed by atoms with Gasteiger partial charge in [0.25, 0.3) is 5.91 Å². The topological polar surface area (TPSA) is 116 Å². The quantitative estimate of drug-likeness (QED) is 0.446. The summed E-state index contributed by atoms with van der Waals surface area (Å²) in [6.45, 7) is 1.56. The predicted molar refractivity (Wildman–Crippen MR) is 56.6 cm³/mol. The summed E-state index contributed by atoms with van der Waals surface area (Å²) >= 11 is 0. The van der Waals surface area contributed by atoms with Gasteiger partial charge in [0.05, 0.1) is 6.61 Å². The largest absolute Gasteiger partial charge is 0.394 e. The molecule has 7 heteroatoms. The Bertz CT molecular complexity index is 349. The Morgan fingerprint density at radius 2 is 2.40 bits per heavy atom. The van der Waals surface area contributed by atoms with Gasteiger partial charge in [0, 0.05) is 13.1 Å². The van der Waals surface area contributed by atoms with Crippen molar-refractivity contribution >= 4 is 17.5 Å². The summed E-state index contributed by atoms with van der Waals surface area (Å²) < 4.78 is 0. The first-order valence-corrected chi connectivity index (χ1v) is 4.53. The molecule has 0 spiro atoms. The van der Waals surface area contributed by atoms with E-state index in [9.17, 15) is 4.79 Å². The van der Waals surface area contributed by atoms with Gasteiger partial charge in [0.1, 0.15) is 11.4 Å². The molecule has 15 heavy (non-hydrogen) atoms. The smallest absolute Gasteiger partial charge is 0.259 e. The highest BCUT2D eigenvalue weighted by molar-refractivity contribution is 6.03. The van der Waals surface area contributed by atoms with Crippen molar-refractivity contribution in [3.63, 3.8) is 0 Å². The highest BCUT2D eigenvalue weighted by Gasteiger charge is 2.19. The molecule has 84 valence electrons. The predicted octanol–water partition coefficient (Wildman–Crippen LogP) is -0.856. The fourth-order valence-electron chi connectivity index (χ4n) is 1.11. The number of carbonyl (C=O) groups is 1. The number of hydrogen-bond acceptors (Lipinski definition) is 5.